The van der Waals surface area contributed by atoms with Crippen molar-refractivity contribution >= 4 is 10.0 Å². The second-order valence-electron chi connectivity index (χ2n) is 6.56. The molecule has 2 atom stereocenters. The van der Waals surface area contributed by atoms with Crippen LogP contribution in [0.5, 0.6) is 0 Å². The van der Waals surface area contributed by atoms with Gasteiger partial charge in [0.25, 0.3) is 0 Å². The molecule has 1 aromatic rings. The van der Waals surface area contributed by atoms with Gasteiger partial charge in [-0.25, -0.2) is 8.42 Å². The van der Waals surface area contributed by atoms with Crippen molar-refractivity contribution in [3.8, 4) is 0 Å². The third kappa shape index (κ3) is 3.51. The van der Waals surface area contributed by atoms with Crippen molar-refractivity contribution in [2.75, 3.05) is 39.9 Å². The molecule has 2 saturated heterocycles. The first-order valence-corrected chi connectivity index (χ1v) is 9.36. The molecule has 122 valence electrons. The van der Waals surface area contributed by atoms with Gasteiger partial charge in [0.2, 0.25) is 10.0 Å². The molecule has 0 radical (unpaired) electrons. The average molecular weight is 324 g/mol. The molecule has 0 amide bonds. The fourth-order valence-electron chi connectivity index (χ4n) is 3.34. The lowest BCUT2D eigenvalue weighted by Crippen LogP contribution is -2.45. The van der Waals surface area contributed by atoms with E-state index in [1.165, 1.54) is 0 Å². The summed E-state index contributed by atoms with van der Waals surface area (Å²) >= 11 is 0. The largest absolute Gasteiger partial charge is 0.379 e. The highest BCUT2D eigenvalue weighted by atomic mass is 32.2. The van der Waals surface area contributed by atoms with Crippen LogP contribution in [0.4, 0.5) is 0 Å². The number of fused-ring (bicyclic) bond motifs is 3. The van der Waals surface area contributed by atoms with Gasteiger partial charge in [-0.2, -0.15) is 4.31 Å². The van der Waals surface area contributed by atoms with Crippen LogP contribution in [0.3, 0.4) is 0 Å². The van der Waals surface area contributed by atoms with Gasteiger partial charge in [0.15, 0.2) is 0 Å². The van der Waals surface area contributed by atoms with Crippen molar-refractivity contribution in [3.05, 3.63) is 35.4 Å². The molecule has 0 aromatic heterocycles. The number of benzene rings is 1. The van der Waals surface area contributed by atoms with E-state index in [1.54, 1.807) is 4.31 Å². The Kier molecular flexibility index (Phi) is 4.54. The Morgan fingerprint density at radius 2 is 2.05 bits per heavy atom. The number of aryl methyl sites for hydroxylation is 1. The van der Waals surface area contributed by atoms with Crippen LogP contribution in [0.15, 0.2) is 24.3 Å². The minimum absolute atomic E-state index is 0.0820. The molecule has 2 bridgehead atoms. The van der Waals surface area contributed by atoms with Crippen molar-refractivity contribution in [1.82, 2.24) is 9.21 Å². The zero-order valence-corrected chi connectivity index (χ0v) is 14.1. The number of ether oxygens (including phenoxy) is 1. The van der Waals surface area contributed by atoms with Crippen molar-refractivity contribution in [2.45, 2.75) is 18.7 Å². The van der Waals surface area contributed by atoms with E-state index < -0.39 is 10.0 Å². The van der Waals surface area contributed by atoms with Gasteiger partial charge in [-0.3, -0.25) is 4.90 Å². The third-order valence-corrected chi connectivity index (χ3v) is 6.32. The van der Waals surface area contributed by atoms with E-state index in [1.807, 2.05) is 31.2 Å². The number of hydrogen-bond donors (Lipinski definition) is 0. The summed E-state index contributed by atoms with van der Waals surface area (Å²) in [5.74, 6) is 0.336. The molecule has 2 aliphatic heterocycles. The van der Waals surface area contributed by atoms with Crippen LogP contribution >= 0.6 is 0 Å². The summed E-state index contributed by atoms with van der Waals surface area (Å²) in [5, 5.41) is 0. The van der Waals surface area contributed by atoms with Gasteiger partial charge in [-0.05, 0) is 19.5 Å². The SMILES string of the molecule is Cc1cccc(CS(=O)(=O)N2C[C@@H]3COC[C@H](C2)N(C)C3)c1. The topological polar surface area (TPSA) is 49.9 Å². The monoisotopic (exact) mass is 324 g/mol. The minimum atomic E-state index is -3.29. The number of rotatable bonds is 3. The second kappa shape index (κ2) is 6.28. The normalized spacial score (nSPS) is 27.5. The number of hydrogen-bond acceptors (Lipinski definition) is 4. The van der Waals surface area contributed by atoms with Crippen LogP contribution in [0, 0.1) is 12.8 Å². The molecular weight excluding hydrogens is 300 g/mol. The quantitative estimate of drug-likeness (QED) is 0.835. The van der Waals surface area contributed by atoms with E-state index in [2.05, 4.69) is 11.9 Å². The first-order chi connectivity index (χ1) is 10.4. The fourth-order valence-corrected chi connectivity index (χ4v) is 4.96. The third-order valence-electron chi connectivity index (χ3n) is 4.53. The van der Waals surface area contributed by atoms with E-state index >= 15 is 0 Å². The van der Waals surface area contributed by atoms with Crippen LogP contribution in [0.25, 0.3) is 0 Å². The highest BCUT2D eigenvalue weighted by Crippen LogP contribution is 2.22. The standard InChI is InChI=1S/C16H24N2O3S/c1-13-4-3-5-14(6-13)12-22(19,20)18-8-15-7-17(2)16(9-18)11-21-10-15/h3-6,15-16H,7-12H2,1-2H3/t15-,16+/m1/s1. The lowest BCUT2D eigenvalue weighted by molar-refractivity contribution is 0.0727. The van der Waals surface area contributed by atoms with Gasteiger partial charge < -0.3 is 4.74 Å². The van der Waals surface area contributed by atoms with Crippen molar-refractivity contribution < 1.29 is 13.2 Å². The first-order valence-electron chi connectivity index (χ1n) is 7.75. The summed E-state index contributed by atoms with van der Waals surface area (Å²) in [4.78, 5) is 2.24. The zero-order chi connectivity index (χ0) is 15.7. The van der Waals surface area contributed by atoms with Gasteiger partial charge in [-0.15, -0.1) is 0 Å². The van der Waals surface area contributed by atoms with E-state index in [9.17, 15) is 8.42 Å². The Balaban J connectivity index is 1.80. The molecule has 2 fully saturated rings. The Labute approximate surface area is 132 Å². The number of nitrogens with zero attached hydrogens (tertiary/aromatic N) is 2. The molecule has 2 heterocycles. The van der Waals surface area contributed by atoms with Gasteiger partial charge >= 0.3 is 0 Å². The molecule has 3 rings (SSSR count). The molecule has 0 unspecified atom stereocenters. The summed E-state index contributed by atoms with van der Waals surface area (Å²) in [6, 6.07) is 7.89. The first kappa shape index (κ1) is 15.9. The van der Waals surface area contributed by atoms with Crippen LogP contribution in [0.1, 0.15) is 11.1 Å². The van der Waals surface area contributed by atoms with Crippen molar-refractivity contribution in [3.63, 3.8) is 0 Å². The average Bonchev–Trinajstić information content (AvgIpc) is 2.66. The highest BCUT2D eigenvalue weighted by molar-refractivity contribution is 7.88. The Hall–Kier alpha value is -0.950. The Morgan fingerprint density at radius 1 is 1.23 bits per heavy atom. The van der Waals surface area contributed by atoms with Crippen molar-refractivity contribution in [2.24, 2.45) is 5.92 Å². The molecule has 1 aromatic carbocycles. The van der Waals surface area contributed by atoms with Gasteiger partial charge in [-0.1, -0.05) is 29.8 Å². The predicted octanol–water partition coefficient (Wildman–Crippen LogP) is 1.09. The summed E-state index contributed by atoms with van der Waals surface area (Å²) in [6.07, 6.45) is 0. The van der Waals surface area contributed by atoms with E-state index in [0.29, 0.717) is 26.3 Å². The zero-order valence-electron chi connectivity index (χ0n) is 13.2. The second-order valence-corrected chi connectivity index (χ2v) is 8.53. The number of sulfonamides is 1. The lowest BCUT2D eigenvalue weighted by atomic mass is 10.1. The van der Waals surface area contributed by atoms with Gasteiger partial charge in [0.05, 0.1) is 19.0 Å². The molecule has 22 heavy (non-hydrogen) atoms. The smallest absolute Gasteiger partial charge is 0.218 e. The summed E-state index contributed by atoms with van der Waals surface area (Å²) in [7, 11) is -1.23. The van der Waals surface area contributed by atoms with E-state index in [0.717, 1.165) is 17.7 Å². The molecule has 5 nitrogen and oxygen atoms in total. The van der Waals surface area contributed by atoms with E-state index in [-0.39, 0.29) is 17.7 Å². The molecule has 6 heteroatoms. The molecular formula is C16H24N2O3S. The predicted molar refractivity (Wildman–Crippen MR) is 86.1 cm³/mol. The lowest BCUT2D eigenvalue weighted by Gasteiger charge is -2.29. The van der Waals surface area contributed by atoms with Gasteiger partial charge in [0.1, 0.15) is 0 Å². The maximum Gasteiger partial charge on any atom is 0.218 e. The van der Waals surface area contributed by atoms with Crippen LogP contribution in [0.2, 0.25) is 0 Å². The number of likely N-dealkylation sites (N-methyl/N-ethyl adjacent to an activating group) is 1. The van der Waals surface area contributed by atoms with Gasteiger partial charge in [0, 0.05) is 31.6 Å². The summed E-state index contributed by atoms with van der Waals surface area (Å²) in [6.45, 7) is 5.25. The van der Waals surface area contributed by atoms with Crippen LogP contribution < -0.4 is 0 Å². The fraction of sp³-hybridized carbons (Fsp3) is 0.625. The molecule has 2 aliphatic rings. The molecule has 0 N–H and O–H groups in total. The summed E-state index contributed by atoms with van der Waals surface area (Å²) < 4.78 is 33.0. The summed E-state index contributed by atoms with van der Waals surface area (Å²) in [5.41, 5.74) is 1.95. The van der Waals surface area contributed by atoms with Crippen molar-refractivity contribution in [1.29, 1.82) is 0 Å². The highest BCUT2D eigenvalue weighted by Gasteiger charge is 2.36. The molecule has 0 saturated carbocycles. The maximum atomic E-state index is 12.8. The maximum absolute atomic E-state index is 12.8. The molecule has 0 aliphatic carbocycles. The Bertz CT molecular complexity index is 632. The minimum Gasteiger partial charge on any atom is -0.379 e. The van der Waals surface area contributed by atoms with Crippen LogP contribution in [-0.2, 0) is 20.5 Å². The van der Waals surface area contributed by atoms with Crippen LogP contribution in [-0.4, -0.2) is 63.6 Å². The Morgan fingerprint density at radius 3 is 2.82 bits per heavy atom. The molecule has 0 spiro atoms. The van der Waals surface area contributed by atoms with E-state index in [4.69, 9.17) is 4.74 Å².